The predicted molar refractivity (Wildman–Crippen MR) is 112 cm³/mol. The molecule has 1 aliphatic heterocycles. The molecule has 1 aromatic carbocycles. The molecule has 0 unspecified atom stereocenters. The van der Waals surface area contributed by atoms with E-state index in [-0.39, 0.29) is 5.91 Å². The summed E-state index contributed by atoms with van der Waals surface area (Å²) in [4.78, 5) is 19.3. The van der Waals surface area contributed by atoms with Gasteiger partial charge in [0.1, 0.15) is 0 Å². The Kier molecular flexibility index (Phi) is 5.30. The van der Waals surface area contributed by atoms with Crippen LogP contribution in [-0.2, 0) is 0 Å². The molecule has 1 fully saturated rings. The lowest BCUT2D eigenvalue weighted by Gasteiger charge is -2.29. The summed E-state index contributed by atoms with van der Waals surface area (Å²) in [5.74, 6) is 0.453. The molecule has 4 rings (SSSR count). The van der Waals surface area contributed by atoms with Gasteiger partial charge in [-0.2, -0.15) is 5.10 Å². The lowest BCUT2D eigenvalue weighted by Crippen LogP contribution is -2.29. The van der Waals surface area contributed by atoms with Crippen molar-refractivity contribution >= 4 is 28.9 Å². The average molecular weight is 396 g/mol. The molecule has 144 valence electrons. The quantitative estimate of drug-likeness (QED) is 0.707. The van der Waals surface area contributed by atoms with E-state index < -0.39 is 0 Å². The maximum atomic E-state index is 12.7. The summed E-state index contributed by atoms with van der Waals surface area (Å²) >= 11 is 6.49. The van der Waals surface area contributed by atoms with Crippen molar-refractivity contribution in [3.05, 3.63) is 65.1 Å². The summed E-state index contributed by atoms with van der Waals surface area (Å²) in [6, 6.07) is 11.3. The van der Waals surface area contributed by atoms with Crippen LogP contribution >= 0.6 is 11.6 Å². The van der Waals surface area contributed by atoms with Crippen LogP contribution in [0.2, 0.25) is 5.02 Å². The summed E-state index contributed by atoms with van der Waals surface area (Å²) in [7, 11) is 0. The SMILES string of the molecule is Cc1c(C(=O)Nc2ccc(N3CCCCC3)c(Cl)c2)cnn1-c1ccccn1. The first kappa shape index (κ1) is 18.5. The first-order valence-corrected chi connectivity index (χ1v) is 9.83. The van der Waals surface area contributed by atoms with Crippen LogP contribution in [0.5, 0.6) is 0 Å². The van der Waals surface area contributed by atoms with E-state index in [1.165, 1.54) is 19.3 Å². The van der Waals surface area contributed by atoms with Crippen molar-refractivity contribution in [2.24, 2.45) is 0 Å². The predicted octanol–water partition coefficient (Wildman–Crippen LogP) is 4.47. The van der Waals surface area contributed by atoms with Crippen molar-refractivity contribution in [2.45, 2.75) is 26.2 Å². The van der Waals surface area contributed by atoms with Crippen LogP contribution in [0.1, 0.15) is 35.3 Å². The summed E-state index contributed by atoms with van der Waals surface area (Å²) in [5, 5.41) is 7.87. The highest BCUT2D eigenvalue weighted by atomic mass is 35.5. The summed E-state index contributed by atoms with van der Waals surface area (Å²) < 4.78 is 1.65. The van der Waals surface area contributed by atoms with Gasteiger partial charge in [0.25, 0.3) is 5.91 Å². The number of nitrogens with one attached hydrogen (secondary N) is 1. The second-order valence-corrected chi connectivity index (χ2v) is 7.32. The van der Waals surface area contributed by atoms with Crippen LogP contribution in [0, 0.1) is 6.92 Å². The van der Waals surface area contributed by atoms with Crippen molar-refractivity contribution in [1.29, 1.82) is 0 Å². The molecule has 28 heavy (non-hydrogen) atoms. The molecule has 7 heteroatoms. The van der Waals surface area contributed by atoms with E-state index >= 15 is 0 Å². The number of aromatic nitrogens is 3. The van der Waals surface area contributed by atoms with Gasteiger partial charge in [-0.05, 0) is 56.5 Å². The number of hydrogen-bond donors (Lipinski definition) is 1. The number of nitrogens with zero attached hydrogens (tertiary/aromatic N) is 4. The third-order valence-electron chi connectivity index (χ3n) is 5.02. The topological polar surface area (TPSA) is 63.1 Å². The molecule has 3 aromatic rings. The van der Waals surface area contributed by atoms with E-state index in [0.717, 1.165) is 24.5 Å². The number of benzene rings is 1. The van der Waals surface area contributed by atoms with Gasteiger partial charge in [0.05, 0.1) is 28.2 Å². The lowest BCUT2D eigenvalue weighted by atomic mass is 10.1. The fraction of sp³-hybridized carbons (Fsp3) is 0.286. The van der Waals surface area contributed by atoms with Crippen LogP contribution < -0.4 is 10.2 Å². The van der Waals surface area contributed by atoms with Crippen LogP contribution in [0.15, 0.2) is 48.8 Å². The third-order valence-corrected chi connectivity index (χ3v) is 5.33. The van der Waals surface area contributed by atoms with Gasteiger partial charge in [-0.3, -0.25) is 4.79 Å². The van der Waals surface area contributed by atoms with Gasteiger partial charge in [0.2, 0.25) is 0 Å². The van der Waals surface area contributed by atoms with Crippen molar-refractivity contribution in [2.75, 3.05) is 23.3 Å². The Hall–Kier alpha value is -2.86. The Morgan fingerprint density at radius 1 is 1.14 bits per heavy atom. The summed E-state index contributed by atoms with van der Waals surface area (Å²) in [5.41, 5.74) is 2.92. The van der Waals surface area contributed by atoms with E-state index in [4.69, 9.17) is 11.6 Å². The zero-order valence-corrected chi connectivity index (χ0v) is 16.5. The Balaban J connectivity index is 1.51. The Bertz CT molecular complexity index is 980. The number of amides is 1. The molecular formula is C21H22ClN5O. The van der Waals surface area contributed by atoms with Crippen LogP contribution in [0.25, 0.3) is 5.82 Å². The van der Waals surface area contributed by atoms with Crippen molar-refractivity contribution in [3.8, 4) is 5.82 Å². The maximum Gasteiger partial charge on any atom is 0.259 e. The minimum atomic E-state index is -0.221. The number of halogens is 1. The summed E-state index contributed by atoms with van der Waals surface area (Å²) in [6.07, 6.45) is 6.90. The van der Waals surface area contributed by atoms with Crippen molar-refractivity contribution in [1.82, 2.24) is 14.8 Å². The van der Waals surface area contributed by atoms with Gasteiger partial charge in [0, 0.05) is 25.0 Å². The molecule has 1 amide bonds. The molecule has 0 spiro atoms. The lowest BCUT2D eigenvalue weighted by molar-refractivity contribution is 0.102. The maximum absolute atomic E-state index is 12.7. The molecule has 0 radical (unpaired) electrons. The Morgan fingerprint density at radius 3 is 2.68 bits per heavy atom. The smallest absolute Gasteiger partial charge is 0.259 e. The van der Waals surface area contributed by atoms with Crippen molar-refractivity contribution < 1.29 is 4.79 Å². The normalized spacial score (nSPS) is 14.1. The van der Waals surface area contributed by atoms with Crippen LogP contribution in [0.3, 0.4) is 0 Å². The average Bonchev–Trinajstić information content (AvgIpc) is 3.11. The highest BCUT2D eigenvalue weighted by molar-refractivity contribution is 6.33. The standard InChI is InChI=1S/C21H22ClN5O/c1-15-17(14-24-27(15)20-7-3-4-10-23-20)21(28)25-16-8-9-19(18(22)13-16)26-11-5-2-6-12-26/h3-4,7-10,13-14H,2,5-6,11-12H2,1H3,(H,25,28). The highest BCUT2D eigenvalue weighted by Crippen LogP contribution is 2.31. The molecule has 0 saturated carbocycles. The molecule has 6 nitrogen and oxygen atoms in total. The molecule has 0 aliphatic carbocycles. The second kappa shape index (κ2) is 8.02. The van der Waals surface area contributed by atoms with E-state index in [1.807, 2.05) is 43.3 Å². The highest BCUT2D eigenvalue weighted by Gasteiger charge is 2.18. The Labute approximate surface area is 169 Å². The van der Waals surface area contributed by atoms with E-state index in [0.29, 0.717) is 22.1 Å². The monoisotopic (exact) mass is 395 g/mol. The number of pyridine rings is 1. The zero-order chi connectivity index (χ0) is 19.5. The number of anilines is 2. The van der Waals surface area contributed by atoms with Crippen LogP contribution in [-0.4, -0.2) is 33.8 Å². The number of rotatable bonds is 4. The largest absolute Gasteiger partial charge is 0.370 e. The van der Waals surface area contributed by atoms with Crippen LogP contribution in [0.4, 0.5) is 11.4 Å². The number of hydrogen-bond acceptors (Lipinski definition) is 4. The summed E-state index contributed by atoms with van der Waals surface area (Å²) in [6.45, 7) is 3.90. The third kappa shape index (κ3) is 3.73. The number of carbonyl (C=O) groups excluding carboxylic acids is 1. The Morgan fingerprint density at radius 2 is 1.96 bits per heavy atom. The van der Waals surface area contributed by atoms with E-state index in [1.54, 1.807) is 17.1 Å². The molecule has 1 N–H and O–H groups in total. The molecule has 1 aliphatic rings. The van der Waals surface area contributed by atoms with E-state index in [9.17, 15) is 4.79 Å². The molecular weight excluding hydrogens is 374 g/mol. The van der Waals surface area contributed by atoms with Gasteiger partial charge < -0.3 is 10.2 Å². The molecule has 0 bridgehead atoms. The second-order valence-electron chi connectivity index (χ2n) is 6.91. The minimum absolute atomic E-state index is 0.221. The van der Waals surface area contributed by atoms with Gasteiger partial charge in [0.15, 0.2) is 5.82 Å². The van der Waals surface area contributed by atoms with Gasteiger partial charge >= 0.3 is 0 Å². The fourth-order valence-electron chi connectivity index (χ4n) is 3.52. The van der Waals surface area contributed by atoms with Gasteiger partial charge in [-0.25, -0.2) is 9.67 Å². The van der Waals surface area contributed by atoms with Gasteiger partial charge in [-0.15, -0.1) is 0 Å². The van der Waals surface area contributed by atoms with Crippen molar-refractivity contribution in [3.63, 3.8) is 0 Å². The zero-order valence-electron chi connectivity index (χ0n) is 15.7. The molecule has 0 atom stereocenters. The number of piperidine rings is 1. The molecule has 3 heterocycles. The molecule has 1 saturated heterocycles. The first-order valence-electron chi connectivity index (χ1n) is 9.45. The first-order chi connectivity index (χ1) is 13.6. The molecule has 2 aromatic heterocycles. The number of carbonyl (C=O) groups is 1. The fourth-order valence-corrected chi connectivity index (χ4v) is 3.82. The van der Waals surface area contributed by atoms with Gasteiger partial charge in [-0.1, -0.05) is 17.7 Å². The minimum Gasteiger partial charge on any atom is -0.370 e. The van der Waals surface area contributed by atoms with E-state index in [2.05, 4.69) is 20.3 Å².